The van der Waals surface area contributed by atoms with Crippen LogP contribution in [0.1, 0.15) is 27.8 Å². The van der Waals surface area contributed by atoms with Gasteiger partial charge in [0.05, 0.1) is 0 Å². The molecule has 2 aromatic carbocycles. The fourth-order valence-corrected chi connectivity index (χ4v) is 2.71. The van der Waals surface area contributed by atoms with E-state index in [4.69, 9.17) is 4.74 Å². The molecule has 26 heavy (non-hydrogen) atoms. The lowest BCUT2D eigenvalue weighted by atomic mass is 10.1. The minimum atomic E-state index is 0.551. The monoisotopic (exact) mass is 344 g/mol. The van der Waals surface area contributed by atoms with E-state index in [0.29, 0.717) is 6.61 Å². The van der Waals surface area contributed by atoms with Gasteiger partial charge >= 0.3 is 0 Å². The molecule has 0 amide bonds. The first-order valence-corrected chi connectivity index (χ1v) is 8.69. The quantitative estimate of drug-likeness (QED) is 0.626. The zero-order chi connectivity index (χ0) is 18.5. The Kier molecular flexibility index (Phi) is 5.37. The molecule has 3 nitrogen and oxygen atoms in total. The maximum Gasteiger partial charge on any atom is 0.130 e. The third-order valence-electron chi connectivity index (χ3n) is 4.25. The van der Waals surface area contributed by atoms with Gasteiger partial charge in [0.2, 0.25) is 0 Å². The van der Waals surface area contributed by atoms with Gasteiger partial charge in [-0.1, -0.05) is 36.9 Å². The number of nitrogens with one attached hydrogen (secondary N) is 1. The molecular weight excluding hydrogens is 320 g/mol. The van der Waals surface area contributed by atoms with Crippen LogP contribution in [0.4, 0.5) is 5.82 Å². The van der Waals surface area contributed by atoms with Gasteiger partial charge in [0.1, 0.15) is 18.2 Å². The number of aryl methyl sites for hydroxylation is 3. The Balaban J connectivity index is 1.73. The lowest BCUT2D eigenvalue weighted by molar-refractivity contribution is 0.305. The Morgan fingerprint density at radius 3 is 2.54 bits per heavy atom. The SMILES string of the molecule is C=C(Nc1ccc(C)cn1)c1cc(C)cc(OCc2ccccc2C)c1. The first kappa shape index (κ1) is 17.7. The van der Waals surface area contributed by atoms with Crippen molar-refractivity contribution in [2.24, 2.45) is 0 Å². The second-order valence-electron chi connectivity index (χ2n) is 6.57. The fourth-order valence-electron chi connectivity index (χ4n) is 2.71. The zero-order valence-electron chi connectivity index (χ0n) is 15.5. The van der Waals surface area contributed by atoms with Gasteiger partial charge in [-0.05, 0) is 67.3 Å². The lowest BCUT2D eigenvalue weighted by Gasteiger charge is -2.13. The highest BCUT2D eigenvalue weighted by molar-refractivity contribution is 5.74. The number of nitrogens with zero attached hydrogens (tertiary/aromatic N) is 1. The van der Waals surface area contributed by atoms with E-state index in [0.717, 1.165) is 34.0 Å². The smallest absolute Gasteiger partial charge is 0.130 e. The van der Waals surface area contributed by atoms with Crippen molar-refractivity contribution < 1.29 is 4.74 Å². The molecule has 132 valence electrons. The summed E-state index contributed by atoms with van der Waals surface area (Å²) < 4.78 is 6.03. The Bertz CT molecular complexity index is 914. The molecule has 0 saturated heterocycles. The molecule has 0 fully saturated rings. The predicted molar refractivity (Wildman–Crippen MR) is 108 cm³/mol. The summed E-state index contributed by atoms with van der Waals surface area (Å²) in [6.45, 7) is 10.9. The number of benzene rings is 2. The first-order chi connectivity index (χ1) is 12.5. The summed E-state index contributed by atoms with van der Waals surface area (Å²) in [6, 6.07) is 18.4. The molecule has 0 aliphatic heterocycles. The fraction of sp³-hybridized carbons (Fsp3) is 0.174. The van der Waals surface area contributed by atoms with Crippen LogP contribution in [0.15, 0.2) is 67.4 Å². The van der Waals surface area contributed by atoms with Gasteiger partial charge in [-0.3, -0.25) is 0 Å². The van der Waals surface area contributed by atoms with E-state index in [-0.39, 0.29) is 0 Å². The molecule has 3 aromatic rings. The first-order valence-electron chi connectivity index (χ1n) is 8.69. The average molecular weight is 344 g/mol. The summed E-state index contributed by atoms with van der Waals surface area (Å²) in [4.78, 5) is 4.37. The third-order valence-corrected chi connectivity index (χ3v) is 4.25. The second-order valence-corrected chi connectivity index (χ2v) is 6.57. The topological polar surface area (TPSA) is 34.2 Å². The van der Waals surface area contributed by atoms with Crippen LogP contribution in [0.2, 0.25) is 0 Å². The van der Waals surface area contributed by atoms with Crippen molar-refractivity contribution >= 4 is 11.5 Å². The molecule has 3 rings (SSSR count). The zero-order valence-corrected chi connectivity index (χ0v) is 15.5. The molecule has 0 spiro atoms. The normalized spacial score (nSPS) is 10.4. The van der Waals surface area contributed by atoms with Crippen LogP contribution < -0.4 is 10.1 Å². The molecule has 0 unspecified atom stereocenters. The van der Waals surface area contributed by atoms with E-state index < -0.39 is 0 Å². The van der Waals surface area contributed by atoms with E-state index in [1.54, 1.807) is 0 Å². The lowest BCUT2D eigenvalue weighted by Crippen LogP contribution is -2.02. The van der Waals surface area contributed by atoms with E-state index in [1.165, 1.54) is 11.1 Å². The molecule has 3 heteroatoms. The second kappa shape index (κ2) is 7.87. The Hall–Kier alpha value is -3.07. The molecule has 0 saturated carbocycles. The standard InChI is InChI=1S/C23H24N2O/c1-16-9-10-23(24-14-16)25-19(4)21-11-17(2)12-22(13-21)26-15-20-8-6-5-7-18(20)3/h5-14H,4,15H2,1-3H3,(H,24,25). The molecule has 0 aliphatic rings. The summed E-state index contributed by atoms with van der Waals surface area (Å²) in [5.74, 6) is 1.62. The number of pyridine rings is 1. The van der Waals surface area contributed by atoms with E-state index in [2.05, 4.69) is 48.9 Å². The van der Waals surface area contributed by atoms with Crippen LogP contribution in [0.25, 0.3) is 5.70 Å². The molecule has 1 heterocycles. The van der Waals surface area contributed by atoms with Gasteiger partial charge in [0, 0.05) is 17.5 Å². The highest BCUT2D eigenvalue weighted by atomic mass is 16.5. The summed E-state index contributed by atoms with van der Waals surface area (Å²) in [7, 11) is 0. The molecule has 0 bridgehead atoms. The van der Waals surface area contributed by atoms with Crippen molar-refractivity contribution in [2.75, 3.05) is 5.32 Å². The highest BCUT2D eigenvalue weighted by Crippen LogP contribution is 2.24. The summed E-state index contributed by atoms with van der Waals surface area (Å²) in [6.07, 6.45) is 1.84. The van der Waals surface area contributed by atoms with Crippen molar-refractivity contribution in [3.05, 3.63) is 95.2 Å². The average Bonchev–Trinajstić information content (AvgIpc) is 2.62. The minimum absolute atomic E-state index is 0.551. The van der Waals surface area contributed by atoms with Gasteiger partial charge in [-0.2, -0.15) is 0 Å². The number of aromatic nitrogens is 1. The van der Waals surface area contributed by atoms with Crippen molar-refractivity contribution in [3.8, 4) is 5.75 Å². The summed E-state index contributed by atoms with van der Waals surface area (Å²) >= 11 is 0. The van der Waals surface area contributed by atoms with Crippen LogP contribution in [0.3, 0.4) is 0 Å². The Labute approximate surface area is 155 Å². The number of hydrogen-bond acceptors (Lipinski definition) is 3. The van der Waals surface area contributed by atoms with Crippen LogP contribution in [-0.4, -0.2) is 4.98 Å². The van der Waals surface area contributed by atoms with Crippen molar-refractivity contribution in [2.45, 2.75) is 27.4 Å². The maximum atomic E-state index is 6.03. The number of ether oxygens (including phenoxy) is 1. The molecule has 1 N–H and O–H groups in total. The maximum absolute atomic E-state index is 6.03. The molecule has 0 atom stereocenters. The number of rotatable bonds is 6. The van der Waals surface area contributed by atoms with Crippen molar-refractivity contribution in [1.29, 1.82) is 0 Å². The highest BCUT2D eigenvalue weighted by Gasteiger charge is 2.06. The van der Waals surface area contributed by atoms with Gasteiger partial charge in [-0.25, -0.2) is 4.98 Å². The third kappa shape index (κ3) is 4.51. The van der Waals surface area contributed by atoms with E-state index >= 15 is 0 Å². The molecule has 0 radical (unpaired) electrons. The molecule has 1 aromatic heterocycles. The predicted octanol–water partition coefficient (Wildman–Crippen LogP) is 5.67. The largest absolute Gasteiger partial charge is 0.489 e. The van der Waals surface area contributed by atoms with Crippen LogP contribution in [0, 0.1) is 20.8 Å². The van der Waals surface area contributed by atoms with Crippen LogP contribution in [0.5, 0.6) is 5.75 Å². The van der Waals surface area contributed by atoms with Gasteiger partial charge in [0.25, 0.3) is 0 Å². The Morgan fingerprint density at radius 2 is 1.81 bits per heavy atom. The Morgan fingerprint density at radius 1 is 1.00 bits per heavy atom. The van der Waals surface area contributed by atoms with Crippen LogP contribution in [-0.2, 0) is 6.61 Å². The molecular formula is C23H24N2O. The van der Waals surface area contributed by atoms with Gasteiger partial charge in [-0.15, -0.1) is 0 Å². The van der Waals surface area contributed by atoms with E-state index in [1.807, 2.05) is 49.5 Å². The van der Waals surface area contributed by atoms with Gasteiger partial charge in [0.15, 0.2) is 0 Å². The number of anilines is 1. The summed E-state index contributed by atoms with van der Waals surface area (Å²) in [5, 5.41) is 3.26. The number of hydrogen-bond donors (Lipinski definition) is 1. The van der Waals surface area contributed by atoms with E-state index in [9.17, 15) is 0 Å². The van der Waals surface area contributed by atoms with Crippen molar-refractivity contribution in [3.63, 3.8) is 0 Å². The van der Waals surface area contributed by atoms with Gasteiger partial charge < -0.3 is 10.1 Å². The van der Waals surface area contributed by atoms with Crippen molar-refractivity contribution in [1.82, 2.24) is 4.98 Å². The summed E-state index contributed by atoms with van der Waals surface area (Å²) in [5.41, 5.74) is 6.47. The van der Waals surface area contributed by atoms with Crippen LogP contribution >= 0.6 is 0 Å². The minimum Gasteiger partial charge on any atom is -0.489 e. The molecule has 0 aliphatic carbocycles.